The molecule has 1 aromatic rings. The van der Waals surface area contributed by atoms with Crippen molar-refractivity contribution in [1.29, 1.82) is 0 Å². The predicted octanol–water partition coefficient (Wildman–Crippen LogP) is 0.596. The van der Waals surface area contributed by atoms with Crippen molar-refractivity contribution in [2.24, 2.45) is 11.7 Å². The van der Waals surface area contributed by atoms with Gasteiger partial charge in [0.15, 0.2) is 0 Å². The molecule has 0 aromatic heterocycles. The quantitative estimate of drug-likeness (QED) is 0.795. The summed E-state index contributed by atoms with van der Waals surface area (Å²) in [6.45, 7) is 2.15. The highest BCUT2D eigenvalue weighted by molar-refractivity contribution is 5.88. The zero-order valence-corrected chi connectivity index (χ0v) is 14.0. The summed E-state index contributed by atoms with van der Waals surface area (Å²) in [6, 6.07) is 6.93. The molecule has 1 aliphatic heterocycles. The Labute approximate surface area is 141 Å². The van der Waals surface area contributed by atoms with E-state index in [1.807, 2.05) is 25.1 Å². The summed E-state index contributed by atoms with van der Waals surface area (Å²) in [5.41, 5.74) is 5.89. The number of para-hydroxylation sites is 1. The second kappa shape index (κ2) is 7.81. The molecule has 7 heteroatoms. The number of hydrogen-bond donors (Lipinski definition) is 2. The van der Waals surface area contributed by atoms with Gasteiger partial charge < -0.3 is 20.7 Å². The van der Waals surface area contributed by atoms with Crippen molar-refractivity contribution in [3.8, 4) is 5.75 Å². The van der Waals surface area contributed by atoms with Gasteiger partial charge in [-0.3, -0.25) is 14.4 Å². The Morgan fingerprint density at radius 1 is 1.38 bits per heavy atom. The average Bonchev–Trinajstić information content (AvgIpc) is 2.59. The van der Waals surface area contributed by atoms with Crippen molar-refractivity contribution >= 4 is 17.7 Å². The van der Waals surface area contributed by atoms with Crippen LogP contribution in [0.25, 0.3) is 0 Å². The fourth-order valence-corrected chi connectivity index (χ4v) is 3.20. The number of likely N-dealkylation sites (tertiary alicyclic amines) is 1. The van der Waals surface area contributed by atoms with Crippen molar-refractivity contribution in [2.45, 2.75) is 25.8 Å². The number of primary amides is 1. The van der Waals surface area contributed by atoms with Crippen molar-refractivity contribution in [2.75, 3.05) is 20.2 Å². The minimum Gasteiger partial charge on any atom is -0.496 e. The second-order valence-corrected chi connectivity index (χ2v) is 5.70. The van der Waals surface area contributed by atoms with E-state index in [-0.39, 0.29) is 18.4 Å². The number of piperidine rings is 1. The predicted molar refractivity (Wildman–Crippen MR) is 88.1 cm³/mol. The number of nitrogens with zero attached hydrogens (tertiary/aromatic N) is 1. The molecule has 24 heavy (non-hydrogen) atoms. The van der Waals surface area contributed by atoms with E-state index < -0.39 is 17.9 Å². The van der Waals surface area contributed by atoms with E-state index in [1.165, 1.54) is 0 Å². The highest BCUT2D eigenvalue weighted by Crippen LogP contribution is 2.40. The Morgan fingerprint density at radius 3 is 2.71 bits per heavy atom. The Hall–Kier alpha value is -2.57. The van der Waals surface area contributed by atoms with Crippen molar-refractivity contribution < 1.29 is 19.1 Å². The summed E-state index contributed by atoms with van der Waals surface area (Å²) in [6.07, 6.45) is 0.719. The molecule has 1 aliphatic rings. The maximum atomic E-state index is 12.6. The Balaban J connectivity index is 2.38. The van der Waals surface area contributed by atoms with Gasteiger partial charge in [-0.2, -0.15) is 0 Å². The fraction of sp³-hybridized carbons (Fsp3) is 0.471. The SMILES string of the molecule is CCN1C(=O)CC[C@@H](C(=O)NCC(N)=O)[C@@H]1c1ccccc1OC. The Morgan fingerprint density at radius 2 is 2.08 bits per heavy atom. The number of ether oxygens (including phenoxy) is 1. The van der Waals surface area contributed by atoms with Crippen LogP contribution in [0.3, 0.4) is 0 Å². The molecule has 7 nitrogen and oxygen atoms in total. The van der Waals surface area contributed by atoms with E-state index in [0.717, 1.165) is 5.56 Å². The molecule has 0 aliphatic carbocycles. The molecule has 0 spiro atoms. The van der Waals surface area contributed by atoms with E-state index in [9.17, 15) is 14.4 Å². The van der Waals surface area contributed by atoms with Crippen LogP contribution < -0.4 is 15.8 Å². The lowest BCUT2D eigenvalue weighted by molar-refractivity contribution is -0.143. The molecule has 0 unspecified atom stereocenters. The minimum atomic E-state index is -0.601. The topological polar surface area (TPSA) is 102 Å². The smallest absolute Gasteiger partial charge is 0.236 e. The third-order valence-corrected chi connectivity index (χ3v) is 4.28. The summed E-state index contributed by atoms with van der Waals surface area (Å²) >= 11 is 0. The number of hydrogen-bond acceptors (Lipinski definition) is 4. The molecule has 1 heterocycles. The molecule has 130 valence electrons. The van der Waals surface area contributed by atoms with Crippen molar-refractivity contribution in [1.82, 2.24) is 10.2 Å². The largest absolute Gasteiger partial charge is 0.496 e. The molecular weight excluding hydrogens is 310 g/mol. The fourth-order valence-electron chi connectivity index (χ4n) is 3.20. The molecule has 0 saturated carbocycles. The summed E-state index contributed by atoms with van der Waals surface area (Å²) in [5, 5.41) is 2.56. The van der Waals surface area contributed by atoms with Crippen LogP contribution >= 0.6 is 0 Å². The van der Waals surface area contributed by atoms with Gasteiger partial charge >= 0.3 is 0 Å². The van der Waals surface area contributed by atoms with Crippen LogP contribution in [0.2, 0.25) is 0 Å². The van der Waals surface area contributed by atoms with Crippen molar-refractivity contribution in [3.05, 3.63) is 29.8 Å². The van der Waals surface area contributed by atoms with Gasteiger partial charge in [0.05, 0.1) is 25.6 Å². The Kier molecular flexibility index (Phi) is 5.78. The second-order valence-electron chi connectivity index (χ2n) is 5.70. The third-order valence-electron chi connectivity index (χ3n) is 4.28. The number of rotatable bonds is 6. The molecule has 2 atom stereocenters. The van der Waals surface area contributed by atoms with Gasteiger partial charge in [-0.15, -0.1) is 0 Å². The number of amides is 3. The number of carbonyl (C=O) groups excluding carboxylic acids is 3. The zero-order chi connectivity index (χ0) is 17.7. The first kappa shape index (κ1) is 17.8. The number of methoxy groups -OCH3 is 1. The summed E-state index contributed by atoms with van der Waals surface area (Å²) in [4.78, 5) is 37.5. The lowest BCUT2D eigenvalue weighted by atomic mass is 9.83. The molecule has 3 N–H and O–H groups in total. The van der Waals surface area contributed by atoms with Crippen LogP contribution in [-0.4, -0.2) is 42.8 Å². The van der Waals surface area contributed by atoms with Gasteiger partial charge in [0.25, 0.3) is 0 Å². The summed E-state index contributed by atoms with van der Waals surface area (Å²) in [5.74, 6) is -0.707. The summed E-state index contributed by atoms with van der Waals surface area (Å²) < 4.78 is 5.41. The van der Waals surface area contributed by atoms with E-state index in [1.54, 1.807) is 18.1 Å². The maximum Gasteiger partial charge on any atom is 0.236 e. The summed E-state index contributed by atoms with van der Waals surface area (Å²) in [7, 11) is 1.56. The van der Waals surface area contributed by atoms with Gasteiger partial charge in [0.1, 0.15) is 5.75 Å². The first-order valence-electron chi connectivity index (χ1n) is 7.98. The average molecular weight is 333 g/mol. The monoisotopic (exact) mass is 333 g/mol. The lowest BCUT2D eigenvalue weighted by Crippen LogP contribution is -2.49. The maximum absolute atomic E-state index is 12.6. The van der Waals surface area contributed by atoms with Crippen LogP contribution in [0.1, 0.15) is 31.4 Å². The van der Waals surface area contributed by atoms with Crippen LogP contribution in [0.15, 0.2) is 24.3 Å². The highest BCUT2D eigenvalue weighted by atomic mass is 16.5. The zero-order valence-electron chi connectivity index (χ0n) is 14.0. The number of benzene rings is 1. The van der Waals surface area contributed by atoms with Gasteiger partial charge in [0.2, 0.25) is 17.7 Å². The normalized spacial score (nSPS) is 20.6. The first-order chi connectivity index (χ1) is 11.5. The number of carbonyl (C=O) groups is 3. The molecule has 0 bridgehead atoms. The van der Waals surface area contributed by atoms with Crippen LogP contribution in [0.4, 0.5) is 0 Å². The lowest BCUT2D eigenvalue weighted by Gasteiger charge is -2.40. The third kappa shape index (κ3) is 3.67. The molecule has 3 amide bonds. The van der Waals surface area contributed by atoms with Gasteiger partial charge in [0, 0.05) is 18.5 Å². The van der Waals surface area contributed by atoms with Crippen LogP contribution in [0.5, 0.6) is 5.75 Å². The molecule has 1 saturated heterocycles. The van der Waals surface area contributed by atoms with Gasteiger partial charge in [-0.05, 0) is 19.4 Å². The molecular formula is C17H23N3O4. The standard InChI is InChI=1S/C17H23N3O4/c1-3-20-15(22)9-8-12(17(23)19-10-14(18)21)16(20)11-6-4-5-7-13(11)24-2/h4-7,12,16H,3,8-10H2,1-2H3,(H2,18,21)(H,19,23)/t12-,16+/m1/s1. The van der Waals surface area contributed by atoms with Crippen molar-refractivity contribution in [3.63, 3.8) is 0 Å². The number of nitrogens with one attached hydrogen (secondary N) is 1. The Bertz CT molecular complexity index is 632. The van der Waals surface area contributed by atoms with Crippen LogP contribution in [0, 0.1) is 5.92 Å². The molecule has 0 radical (unpaired) electrons. The molecule has 1 fully saturated rings. The van der Waals surface area contributed by atoms with E-state index in [2.05, 4.69) is 5.32 Å². The highest BCUT2D eigenvalue weighted by Gasteiger charge is 2.41. The van der Waals surface area contributed by atoms with E-state index in [0.29, 0.717) is 25.1 Å². The first-order valence-corrected chi connectivity index (χ1v) is 7.98. The number of nitrogens with two attached hydrogens (primary N) is 1. The van der Waals surface area contributed by atoms with E-state index in [4.69, 9.17) is 10.5 Å². The molecule has 2 rings (SSSR count). The molecule has 1 aromatic carbocycles. The minimum absolute atomic E-state index is 0.00681. The van der Waals surface area contributed by atoms with Gasteiger partial charge in [-0.25, -0.2) is 0 Å². The van der Waals surface area contributed by atoms with Crippen LogP contribution in [-0.2, 0) is 14.4 Å². The van der Waals surface area contributed by atoms with Gasteiger partial charge in [-0.1, -0.05) is 18.2 Å². The van der Waals surface area contributed by atoms with E-state index >= 15 is 0 Å².